The number of Topliss-reactive ketones (excluding diaryl/α,β-unsaturated/α-hetero) is 1. The van der Waals surface area contributed by atoms with Crippen molar-refractivity contribution in [2.24, 2.45) is 5.73 Å². The number of ketones is 2. The number of nitrogens with one attached hydrogen (secondary N) is 3. The Kier molecular flexibility index (Phi) is 7.33. The van der Waals surface area contributed by atoms with E-state index in [0.717, 1.165) is 12.0 Å². The molecule has 3 rings (SSSR count). The summed E-state index contributed by atoms with van der Waals surface area (Å²) in [5.74, 6) is -1.01. The van der Waals surface area contributed by atoms with Gasteiger partial charge in [0.15, 0.2) is 5.78 Å². The third-order valence-corrected chi connectivity index (χ3v) is 5.06. The number of hydrogen-bond acceptors (Lipinski definition) is 5. The lowest BCUT2D eigenvalue weighted by molar-refractivity contribution is -0.122. The second kappa shape index (κ2) is 10.3. The fraction of sp³-hybridized carbons (Fsp3) is 0.200. The molecule has 0 bridgehead atoms. The molecule has 0 aromatic heterocycles. The molecule has 5 N–H and O–H groups in total. The Labute approximate surface area is 186 Å². The van der Waals surface area contributed by atoms with Crippen molar-refractivity contribution >= 4 is 28.9 Å². The van der Waals surface area contributed by atoms with E-state index in [4.69, 9.17) is 11.1 Å². The molecule has 0 unspecified atom stereocenters. The minimum Gasteiger partial charge on any atom is -0.384 e. The zero-order chi connectivity index (χ0) is 23.1. The van der Waals surface area contributed by atoms with Crippen LogP contribution < -0.4 is 16.4 Å². The van der Waals surface area contributed by atoms with Crippen LogP contribution in [0.5, 0.6) is 0 Å². The summed E-state index contributed by atoms with van der Waals surface area (Å²) in [6.07, 6.45) is 1.91. The van der Waals surface area contributed by atoms with Crippen LogP contribution in [-0.4, -0.2) is 29.9 Å². The van der Waals surface area contributed by atoms with Gasteiger partial charge in [0.2, 0.25) is 11.7 Å². The van der Waals surface area contributed by atoms with Gasteiger partial charge in [-0.1, -0.05) is 61.5 Å². The molecule has 7 nitrogen and oxygen atoms in total. The summed E-state index contributed by atoms with van der Waals surface area (Å²) in [7, 11) is 0. The van der Waals surface area contributed by atoms with E-state index in [-0.39, 0.29) is 53.1 Å². The number of hydrogen-bond donors (Lipinski definition) is 4. The maximum absolute atomic E-state index is 13.1. The maximum atomic E-state index is 13.1. The summed E-state index contributed by atoms with van der Waals surface area (Å²) in [5, 5.41) is 13.2. The number of allylic oxidation sites excluding steroid dienone is 3. The van der Waals surface area contributed by atoms with E-state index in [1.807, 2.05) is 13.0 Å². The van der Waals surface area contributed by atoms with Crippen molar-refractivity contribution < 1.29 is 14.4 Å². The van der Waals surface area contributed by atoms with Crippen molar-refractivity contribution in [1.29, 1.82) is 5.41 Å². The summed E-state index contributed by atoms with van der Waals surface area (Å²) in [6, 6.07) is 15.9. The van der Waals surface area contributed by atoms with Crippen LogP contribution in [0.1, 0.15) is 36.5 Å². The van der Waals surface area contributed by atoms with Crippen molar-refractivity contribution in [2.75, 3.05) is 6.54 Å². The van der Waals surface area contributed by atoms with Crippen LogP contribution in [0.2, 0.25) is 0 Å². The minimum atomic E-state index is -0.359. The first-order valence-corrected chi connectivity index (χ1v) is 10.4. The minimum absolute atomic E-state index is 0.0259. The summed E-state index contributed by atoms with van der Waals surface area (Å²) < 4.78 is 0. The van der Waals surface area contributed by atoms with Crippen molar-refractivity contribution in [3.05, 3.63) is 88.6 Å². The number of nitrogen functional groups attached to an aromatic ring is 1. The average Bonchev–Trinajstić information content (AvgIpc) is 2.80. The van der Waals surface area contributed by atoms with Gasteiger partial charge in [-0.25, -0.2) is 0 Å². The Bertz CT molecular complexity index is 1100. The first-order chi connectivity index (χ1) is 15.4. The topological polar surface area (TPSA) is 125 Å². The number of amides is 1. The Morgan fingerprint density at radius 1 is 1.03 bits per heavy atom. The molecule has 0 spiro atoms. The molecule has 0 atom stereocenters. The standard InChI is InChI=1S/C25H26N4O3/c1-2-12-28-20-14-21(30)23(17-6-4-3-5-7-17)19(24(20)32)13-22(31)29-15-16-8-10-18(11-9-16)25(26)27/h3-11,14,28H,2,12-13,15H2,1H3,(H3,26,27)(H,29,31). The highest BCUT2D eigenvalue weighted by Crippen LogP contribution is 2.29. The van der Waals surface area contributed by atoms with Gasteiger partial charge < -0.3 is 16.4 Å². The van der Waals surface area contributed by atoms with E-state index < -0.39 is 0 Å². The van der Waals surface area contributed by atoms with E-state index in [9.17, 15) is 14.4 Å². The van der Waals surface area contributed by atoms with Crippen LogP contribution >= 0.6 is 0 Å². The predicted octanol–water partition coefficient (Wildman–Crippen LogP) is 2.47. The second-order valence-corrected chi connectivity index (χ2v) is 7.46. The zero-order valence-electron chi connectivity index (χ0n) is 17.9. The van der Waals surface area contributed by atoms with Gasteiger partial charge in [-0.2, -0.15) is 0 Å². The largest absolute Gasteiger partial charge is 0.384 e. The smallest absolute Gasteiger partial charge is 0.224 e. The van der Waals surface area contributed by atoms with Gasteiger partial charge in [0.25, 0.3) is 0 Å². The average molecular weight is 431 g/mol. The van der Waals surface area contributed by atoms with E-state index in [2.05, 4.69) is 10.6 Å². The number of benzene rings is 2. The van der Waals surface area contributed by atoms with Crippen molar-refractivity contribution in [1.82, 2.24) is 10.6 Å². The number of rotatable bonds is 9. The van der Waals surface area contributed by atoms with Crippen molar-refractivity contribution in [2.45, 2.75) is 26.3 Å². The van der Waals surface area contributed by atoms with Crippen LogP contribution in [0.4, 0.5) is 0 Å². The first kappa shape index (κ1) is 22.7. The van der Waals surface area contributed by atoms with Gasteiger partial charge in [-0.3, -0.25) is 19.8 Å². The van der Waals surface area contributed by atoms with Crippen LogP contribution in [-0.2, 0) is 20.9 Å². The van der Waals surface area contributed by atoms with Gasteiger partial charge in [-0.15, -0.1) is 0 Å². The van der Waals surface area contributed by atoms with Crippen LogP contribution in [0.15, 0.2) is 71.9 Å². The highest BCUT2D eigenvalue weighted by Gasteiger charge is 2.30. The van der Waals surface area contributed by atoms with Crippen LogP contribution in [0.3, 0.4) is 0 Å². The van der Waals surface area contributed by atoms with Crippen molar-refractivity contribution in [3.8, 4) is 0 Å². The normalized spacial score (nSPS) is 13.6. The molecule has 0 aliphatic heterocycles. The Hall–Kier alpha value is -4.00. The molecule has 2 aromatic rings. The summed E-state index contributed by atoms with van der Waals surface area (Å²) in [5.41, 5.74) is 8.17. The summed E-state index contributed by atoms with van der Waals surface area (Å²) >= 11 is 0. The Morgan fingerprint density at radius 3 is 2.34 bits per heavy atom. The zero-order valence-corrected chi connectivity index (χ0v) is 17.9. The number of carbonyl (C=O) groups excluding carboxylic acids is 3. The fourth-order valence-electron chi connectivity index (χ4n) is 3.40. The van der Waals surface area contributed by atoms with Gasteiger partial charge in [0.1, 0.15) is 5.84 Å². The quantitative estimate of drug-likeness (QED) is 0.276. The highest BCUT2D eigenvalue weighted by molar-refractivity contribution is 6.37. The number of amidine groups is 1. The Balaban J connectivity index is 1.80. The molecule has 1 aliphatic rings. The van der Waals surface area contributed by atoms with Crippen molar-refractivity contribution in [3.63, 3.8) is 0 Å². The summed E-state index contributed by atoms with van der Waals surface area (Å²) in [4.78, 5) is 38.7. The monoisotopic (exact) mass is 430 g/mol. The lowest BCUT2D eigenvalue weighted by atomic mass is 9.86. The lowest BCUT2D eigenvalue weighted by Crippen LogP contribution is -2.31. The molecular weight excluding hydrogens is 404 g/mol. The van der Waals surface area contributed by atoms with Crippen LogP contribution in [0.25, 0.3) is 5.57 Å². The molecule has 32 heavy (non-hydrogen) atoms. The molecule has 0 fully saturated rings. The molecule has 7 heteroatoms. The number of nitrogens with two attached hydrogens (primary N) is 1. The molecule has 0 heterocycles. The molecule has 1 amide bonds. The summed E-state index contributed by atoms with van der Waals surface area (Å²) in [6.45, 7) is 2.77. The molecular formula is C25H26N4O3. The van der Waals surface area contributed by atoms with E-state index in [1.165, 1.54) is 6.08 Å². The molecule has 0 saturated carbocycles. The molecule has 1 aliphatic carbocycles. The van der Waals surface area contributed by atoms with E-state index >= 15 is 0 Å². The second-order valence-electron chi connectivity index (χ2n) is 7.46. The number of carbonyl (C=O) groups is 3. The maximum Gasteiger partial charge on any atom is 0.224 e. The van der Waals surface area contributed by atoms with Gasteiger partial charge in [0.05, 0.1) is 12.1 Å². The third kappa shape index (κ3) is 5.37. The molecule has 164 valence electrons. The SMILES string of the molecule is CCCNC1=CC(=O)C(c2ccccc2)=C(CC(=O)NCc2ccc(C(=N)N)cc2)C1=O. The van der Waals surface area contributed by atoms with Gasteiger partial charge >= 0.3 is 0 Å². The molecule has 0 saturated heterocycles. The lowest BCUT2D eigenvalue weighted by Gasteiger charge is -2.20. The predicted molar refractivity (Wildman–Crippen MR) is 124 cm³/mol. The first-order valence-electron chi connectivity index (χ1n) is 10.4. The van der Waals surface area contributed by atoms with Crippen LogP contribution in [0, 0.1) is 5.41 Å². The fourth-order valence-corrected chi connectivity index (χ4v) is 3.40. The van der Waals surface area contributed by atoms with E-state index in [0.29, 0.717) is 17.7 Å². The van der Waals surface area contributed by atoms with Gasteiger partial charge in [0, 0.05) is 35.9 Å². The van der Waals surface area contributed by atoms with Gasteiger partial charge in [-0.05, 0) is 17.5 Å². The molecule has 0 radical (unpaired) electrons. The molecule has 2 aromatic carbocycles. The Morgan fingerprint density at radius 2 is 1.72 bits per heavy atom. The highest BCUT2D eigenvalue weighted by atomic mass is 16.2. The van der Waals surface area contributed by atoms with E-state index in [1.54, 1.807) is 48.5 Å². The third-order valence-electron chi connectivity index (χ3n) is 5.06.